The second-order valence-corrected chi connectivity index (χ2v) is 5.08. The number of amides is 1. The van der Waals surface area contributed by atoms with E-state index >= 15 is 0 Å². The molecule has 1 fully saturated rings. The molecule has 0 aliphatic carbocycles. The molecule has 1 atom stereocenters. The van der Waals surface area contributed by atoms with E-state index in [1.54, 1.807) is 0 Å². The second kappa shape index (κ2) is 8.61. The zero-order valence-corrected chi connectivity index (χ0v) is 13.3. The fourth-order valence-corrected chi connectivity index (χ4v) is 2.25. The van der Waals surface area contributed by atoms with Crippen molar-refractivity contribution in [2.75, 3.05) is 19.8 Å². The Labute approximate surface area is 140 Å². The highest BCUT2D eigenvalue weighted by molar-refractivity contribution is 5.85. The summed E-state index contributed by atoms with van der Waals surface area (Å²) in [6.45, 7) is 2.27. The predicted molar refractivity (Wildman–Crippen MR) is 86.1 cm³/mol. The molecule has 1 aromatic carbocycles. The number of hydrogen-bond donors (Lipinski definition) is 2. The lowest BCUT2D eigenvalue weighted by atomic mass is 10.2. The zero-order valence-electron chi connectivity index (χ0n) is 12.5. The van der Waals surface area contributed by atoms with Gasteiger partial charge in [-0.1, -0.05) is 35.5 Å². The molecule has 0 radical (unpaired) electrons. The van der Waals surface area contributed by atoms with Gasteiger partial charge in [-0.2, -0.15) is 4.98 Å². The van der Waals surface area contributed by atoms with E-state index in [4.69, 9.17) is 9.26 Å². The van der Waals surface area contributed by atoms with Crippen LogP contribution in [-0.4, -0.2) is 41.8 Å². The van der Waals surface area contributed by atoms with Gasteiger partial charge >= 0.3 is 0 Å². The van der Waals surface area contributed by atoms with E-state index in [9.17, 15) is 4.79 Å². The first-order valence-corrected chi connectivity index (χ1v) is 7.27. The van der Waals surface area contributed by atoms with Crippen molar-refractivity contribution in [1.82, 2.24) is 20.8 Å². The maximum atomic E-state index is 11.9. The van der Waals surface area contributed by atoms with Gasteiger partial charge in [0.05, 0.1) is 19.8 Å². The van der Waals surface area contributed by atoms with Crippen LogP contribution in [0.3, 0.4) is 0 Å². The summed E-state index contributed by atoms with van der Waals surface area (Å²) in [7, 11) is 0. The standard InChI is InChI=1S/C15H18N4O3.ClH/c20-13(8-12-10-21-7-6-16-12)17-9-14-18-15(19-22-14)11-4-2-1-3-5-11;/h1-5,12,16H,6-10H2,(H,17,20);1H. The molecule has 0 bridgehead atoms. The van der Waals surface area contributed by atoms with Crippen LogP contribution in [0.15, 0.2) is 34.9 Å². The van der Waals surface area contributed by atoms with E-state index < -0.39 is 0 Å². The number of aromatic nitrogens is 2. The molecule has 2 aromatic rings. The lowest BCUT2D eigenvalue weighted by Gasteiger charge is -2.23. The minimum absolute atomic E-state index is 0. The van der Waals surface area contributed by atoms with E-state index in [0.29, 0.717) is 31.3 Å². The largest absolute Gasteiger partial charge is 0.378 e. The van der Waals surface area contributed by atoms with E-state index in [2.05, 4.69) is 20.8 Å². The summed E-state index contributed by atoms with van der Waals surface area (Å²) in [6.07, 6.45) is 0.375. The summed E-state index contributed by atoms with van der Waals surface area (Å²) in [6, 6.07) is 9.62. The Morgan fingerprint density at radius 3 is 2.91 bits per heavy atom. The lowest BCUT2D eigenvalue weighted by molar-refractivity contribution is -0.122. The summed E-state index contributed by atoms with van der Waals surface area (Å²) in [5.74, 6) is 0.842. The Balaban J connectivity index is 0.00000192. The molecule has 1 aromatic heterocycles. The van der Waals surface area contributed by atoms with Gasteiger partial charge in [-0.05, 0) is 0 Å². The van der Waals surface area contributed by atoms with E-state index in [1.165, 1.54) is 0 Å². The van der Waals surface area contributed by atoms with Gasteiger partial charge in [0.15, 0.2) is 0 Å². The molecule has 1 aliphatic heterocycles. The van der Waals surface area contributed by atoms with Crippen molar-refractivity contribution in [3.05, 3.63) is 36.2 Å². The Kier molecular flexibility index (Phi) is 6.52. The number of morpholine rings is 1. The summed E-state index contributed by atoms with van der Waals surface area (Å²) < 4.78 is 10.5. The van der Waals surface area contributed by atoms with Gasteiger partial charge in [0.1, 0.15) is 0 Å². The highest BCUT2D eigenvalue weighted by atomic mass is 35.5. The Morgan fingerprint density at radius 2 is 2.17 bits per heavy atom. The third-order valence-corrected chi connectivity index (χ3v) is 3.37. The number of rotatable bonds is 5. The van der Waals surface area contributed by atoms with E-state index in [0.717, 1.165) is 12.1 Å². The first kappa shape index (κ1) is 17.4. The first-order chi connectivity index (χ1) is 10.8. The van der Waals surface area contributed by atoms with Crippen LogP contribution in [0.4, 0.5) is 0 Å². The molecular weight excluding hydrogens is 320 g/mol. The topological polar surface area (TPSA) is 89.3 Å². The monoisotopic (exact) mass is 338 g/mol. The molecule has 3 rings (SSSR count). The molecular formula is C15H19ClN4O3. The van der Waals surface area contributed by atoms with Crippen molar-refractivity contribution in [1.29, 1.82) is 0 Å². The summed E-state index contributed by atoms with van der Waals surface area (Å²) in [5.41, 5.74) is 0.882. The molecule has 124 valence electrons. The van der Waals surface area contributed by atoms with Crippen molar-refractivity contribution in [2.45, 2.75) is 19.0 Å². The molecule has 8 heteroatoms. The molecule has 0 saturated carbocycles. The third-order valence-electron chi connectivity index (χ3n) is 3.37. The van der Waals surface area contributed by atoms with Crippen LogP contribution in [0.25, 0.3) is 11.4 Å². The van der Waals surface area contributed by atoms with Crippen molar-refractivity contribution < 1.29 is 14.1 Å². The number of carbonyl (C=O) groups excluding carboxylic acids is 1. The van der Waals surface area contributed by atoms with Crippen molar-refractivity contribution in [3.63, 3.8) is 0 Å². The fraction of sp³-hybridized carbons (Fsp3) is 0.400. The number of nitrogens with one attached hydrogen (secondary N) is 2. The molecule has 2 N–H and O–H groups in total. The van der Waals surface area contributed by atoms with Gasteiger partial charge in [0, 0.05) is 24.6 Å². The van der Waals surface area contributed by atoms with Crippen LogP contribution in [0.2, 0.25) is 0 Å². The molecule has 1 aliphatic rings. The van der Waals surface area contributed by atoms with Gasteiger partial charge in [-0.3, -0.25) is 4.79 Å². The normalized spacial score (nSPS) is 17.3. The molecule has 2 heterocycles. The Morgan fingerprint density at radius 1 is 1.35 bits per heavy atom. The van der Waals surface area contributed by atoms with Crippen LogP contribution in [0, 0.1) is 0 Å². The third kappa shape index (κ3) is 5.02. The van der Waals surface area contributed by atoms with Crippen molar-refractivity contribution in [3.8, 4) is 11.4 Å². The van der Waals surface area contributed by atoms with E-state index in [-0.39, 0.29) is 30.9 Å². The van der Waals surface area contributed by atoms with Crippen LogP contribution < -0.4 is 10.6 Å². The molecule has 1 unspecified atom stereocenters. The van der Waals surface area contributed by atoms with Gasteiger partial charge < -0.3 is 19.9 Å². The SMILES string of the molecule is Cl.O=C(CC1COCCN1)NCc1nc(-c2ccccc2)no1. The minimum Gasteiger partial charge on any atom is -0.378 e. The number of ether oxygens (including phenoxy) is 1. The average Bonchev–Trinajstić information content (AvgIpc) is 3.04. The molecule has 1 saturated heterocycles. The maximum absolute atomic E-state index is 11.9. The minimum atomic E-state index is -0.0672. The number of carbonyl (C=O) groups is 1. The summed E-state index contributed by atoms with van der Waals surface area (Å²) >= 11 is 0. The smallest absolute Gasteiger partial charge is 0.246 e. The fourth-order valence-electron chi connectivity index (χ4n) is 2.25. The quantitative estimate of drug-likeness (QED) is 0.850. The Hall–Kier alpha value is -1.96. The molecule has 23 heavy (non-hydrogen) atoms. The van der Waals surface area contributed by atoms with Gasteiger partial charge in [-0.15, -0.1) is 12.4 Å². The maximum Gasteiger partial charge on any atom is 0.246 e. The highest BCUT2D eigenvalue weighted by Gasteiger charge is 2.17. The Bertz CT molecular complexity index is 614. The molecule has 1 amide bonds. The summed E-state index contributed by atoms with van der Waals surface area (Å²) in [5, 5.41) is 9.93. The van der Waals surface area contributed by atoms with Gasteiger partial charge in [0.2, 0.25) is 17.6 Å². The zero-order chi connectivity index (χ0) is 15.2. The van der Waals surface area contributed by atoms with Crippen molar-refractivity contribution >= 4 is 18.3 Å². The van der Waals surface area contributed by atoms with Crippen LogP contribution in [-0.2, 0) is 16.1 Å². The molecule has 0 spiro atoms. The van der Waals surface area contributed by atoms with Crippen LogP contribution in [0.1, 0.15) is 12.3 Å². The highest BCUT2D eigenvalue weighted by Crippen LogP contribution is 2.14. The van der Waals surface area contributed by atoms with Gasteiger partial charge in [-0.25, -0.2) is 0 Å². The van der Waals surface area contributed by atoms with Gasteiger partial charge in [0.25, 0.3) is 0 Å². The number of benzene rings is 1. The summed E-state index contributed by atoms with van der Waals surface area (Å²) in [4.78, 5) is 16.1. The second-order valence-electron chi connectivity index (χ2n) is 5.08. The van der Waals surface area contributed by atoms with Crippen molar-refractivity contribution in [2.24, 2.45) is 0 Å². The number of hydrogen-bond acceptors (Lipinski definition) is 6. The first-order valence-electron chi connectivity index (χ1n) is 7.27. The number of nitrogens with zero attached hydrogens (tertiary/aromatic N) is 2. The lowest BCUT2D eigenvalue weighted by Crippen LogP contribution is -2.44. The van der Waals surface area contributed by atoms with Crippen LogP contribution in [0.5, 0.6) is 0 Å². The number of halogens is 1. The van der Waals surface area contributed by atoms with E-state index in [1.807, 2.05) is 30.3 Å². The average molecular weight is 339 g/mol. The van der Waals surface area contributed by atoms with Crippen LogP contribution >= 0.6 is 12.4 Å². The molecule has 7 nitrogen and oxygen atoms in total. The predicted octanol–water partition coefficient (Wildman–Crippen LogP) is 1.15.